The first-order valence-corrected chi connectivity index (χ1v) is 11.0. The summed E-state index contributed by atoms with van der Waals surface area (Å²) in [5.41, 5.74) is 4.54. The summed E-state index contributed by atoms with van der Waals surface area (Å²) in [6.07, 6.45) is 4.89. The van der Waals surface area contributed by atoms with E-state index >= 15 is 0 Å². The van der Waals surface area contributed by atoms with Gasteiger partial charge in [0.2, 0.25) is 0 Å². The van der Waals surface area contributed by atoms with Crippen LogP contribution in [0.25, 0.3) is 5.57 Å². The van der Waals surface area contributed by atoms with E-state index in [1.54, 1.807) is 6.92 Å². The second-order valence-electron chi connectivity index (χ2n) is 8.14. The molecule has 0 aromatic heterocycles. The predicted octanol–water partition coefficient (Wildman–Crippen LogP) is 5.16. The Morgan fingerprint density at radius 1 is 1.12 bits per heavy atom. The lowest BCUT2D eigenvalue weighted by Gasteiger charge is -2.30. The Morgan fingerprint density at radius 3 is 2.44 bits per heavy atom. The zero-order chi connectivity index (χ0) is 22.4. The Hall–Kier alpha value is -3.07. The molecule has 1 aliphatic carbocycles. The van der Waals surface area contributed by atoms with Crippen molar-refractivity contribution < 1.29 is 24.1 Å². The van der Waals surface area contributed by atoms with Gasteiger partial charge in [-0.2, -0.15) is 0 Å². The first-order chi connectivity index (χ1) is 15.6. The minimum absolute atomic E-state index is 0.00907. The van der Waals surface area contributed by atoms with Gasteiger partial charge in [0.15, 0.2) is 5.79 Å². The molecule has 32 heavy (non-hydrogen) atoms. The highest BCUT2D eigenvalue weighted by Gasteiger charge is 2.37. The van der Waals surface area contributed by atoms with Crippen LogP contribution in [0.15, 0.2) is 54.6 Å². The van der Waals surface area contributed by atoms with E-state index in [0.29, 0.717) is 19.8 Å². The Morgan fingerprint density at radius 2 is 1.84 bits per heavy atom. The summed E-state index contributed by atoms with van der Waals surface area (Å²) in [6.45, 7) is 3.57. The minimum Gasteiger partial charge on any atom is -0.489 e. The zero-order valence-electron chi connectivity index (χ0n) is 18.3. The summed E-state index contributed by atoms with van der Waals surface area (Å²) in [4.78, 5) is 11.1. The molecule has 0 amide bonds. The minimum atomic E-state index is -0.856. The molecular weight excluding hydrogens is 404 g/mol. The van der Waals surface area contributed by atoms with Gasteiger partial charge in [0, 0.05) is 12.8 Å². The van der Waals surface area contributed by atoms with Crippen molar-refractivity contribution in [3.05, 3.63) is 71.3 Å². The summed E-state index contributed by atoms with van der Waals surface area (Å²) in [5, 5.41) is 9.08. The maximum Gasteiger partial charge on any atom is 0.304 e. The number of hydrogen-bond acceptors (Lipinski definition) is 4. The smallest absolute Gasteiger partial charge is 0.304 e. The van der Waals surface area contributed by atoms with Gasteiger partial charge in [-0.1, -0.05) is 48.4 Å². The molecule has 1 saturated heterocycles. The Bertz CT molecular complexity index is 1020. The van der Waals surface area contributed by atoms with E-state index in [4.69, 9.17) is 19.3 Å². The highest BCUT2D eigenvalue weighted by Crippen LogP contribution is 2.38. The SMILES string of the molecule is CC#CC(CC(=O)O)c1ccc(OCc2ccc(C3=CCC4(CC3)OCCO4)cc2)cc1. The molecule has 1 unspecified atom stereocenters. The van der Waals surface area contributed by atoms with Crippen LogP contribution in [-0.2, 0) is 20.9 Å². The number of benzene rings is 2. The van der Waals surface area contributed by atoms with Gasteiger partial charge < -0.3 is 19.3 Å². The maximum absolute atomic E-state index is 11.1. The quantitative estimate of drug-likeness (QED) is 0.613. The number of hydrogen-bond donors (Lipinski definition) is 1. The molecule has 4 rings (SSSR count). The standard InChI is InChI=1S/C27H28O5/c1-2-3-24(18-26(28)29)22-8-10-25(11-9-22)30-19-20-4-6-21(7-5-20)23-12-14-27(15-13-23)31-16-17-32-27/h4-12,24H,13-19H2,1H3,(H,28,29). The molecule has 2 aromatic carbocycles. The molecule has 1 atom stereocenters. The van der Waals surface area contributed by atoms with Gasteiger partial charge in [-0.3, -0.25) is 4.79 Å². The summed E-state index contributed by atoms with van der Waals surface area (Å²) in [7, 11) is 0. The number of ether oxygens (including phenoxy) is 3. The van der Waals surface area contributed by atoms with Gasteiger partial charge in [-0.15, -0.1) is 5.92 Å². The number of allylic oxidation sites excluding steroid dienone is 1. The van der Waals surface area contributed by atoms with Crippen molar-refractivity contribution in [2.24, 2.45) is 0 Å². The topological polar surface area (TPSA) is 65.0 Å². The van der Waals surface area contributed by atoms with E-state index in [-0.39, 0.29) is 18.1 Å². The largest absolute Gasteiger partial charge is 0.489 e. The molecule has 1 N–H and O–H groups in total. The van der Waals surface area contributed by atoms with E-state index in [2.05, 4.69) is 42.2 Å². The summed E-state index contributed by atoms with van der Waals surface area (Å²) in [6, 6.07) is 16.0. The van der Waals surface area contributed by atoms with Crippen LogP contribution in [0.1, 0.15) is 55.2 Å². The fourth-order valence-electron chi connectivity index (χ4n) is 4.21. The van der Waals surface area contributed by atoms with Crippen LogP contribution >= 0.6 is 0 Å². The number of aliphatic carboxylic acids is 1. The monoisotopic (exact) mass is 432 g/mol. The van der Waals surface area contributed by atoms with E-state index in [0.717, 1.165) is 36.1 Å². The maximum atomic E-state index is 11.1. The van der Waals surface area contributed by atoms with Crippen LogP contribution in [-0.4, -0.2) is 30.1 Å². The van der Waals surface area contributed by atoms with Gasteiger partial charge in [0.05, 0.1) is 25.6 Å². The van der Waals surface area contributed by atoms with E-state index in [1.165, 1.54) is 11.1 Å². The van der Waals surface area contributed by atoms with Crippen molar-refractivity contribution in [3.8, 4) is 17.6 Å². The second kappa shape index (κ2) is 10.0. The highest BCUT2D eigenvalue weighted by molar-refractivity contribution is 5.69. The molecule has 0 saturated carbocycles. The zero-order valence-corrected chi connectivity index (χ0v) is 18.3. The average Bonchev–Trinajstić information content (AvgIpc) is 3.26. The number of carboxylic acids is 1. The van der Waals surface area contributed by atoms with Gasteiger partial charge in [0.1, 0.15) is 12.4 Å². The van der Waals surface area contributed by atoms with Crippen molar-refractivity contribution in [1.29, 1.82) is 0 Å². The molecule has 166 valence electrons. The molecule has 2 aromatic rings. The molecule has 1 aliphatic heterocycles. The fourth-order valence-corrected chi connectivity index (χ4v) is 4.21. The lowest BCUT2D eigenvalue weighted by molar-refractivity contribution is -0.159. The van der Waals surface area contributed by atoms with Gasteiger partial charge in [-0.05, 0) is 47.7 Å². The van der Waals surface area contributed by atoms with Crippen molar-refractivity contribution in [2.75, 3.05) is 13.2 Å². The lowest BCUT2D eigenvalue weighted by atomic mass is 9.89. The van der Waals surface area contributed by atoms with Crippen molar-refractivity contribution in [3.63, 3.8) is 0 Å². The normalized spacial score (nSPS) is 17.8. The van der Waals surface area contributed by atoms with Crippen LogP contribution in [0.2, 0.25) is 0 Å². The predicted molar refractivity (Wildman–Crippen MR) is 122 cm³/mol. The molecule has 5 heteroatoms. The van der Waals surface area contributed by atoms with E-state index in [9.17, 15) is 4.79 Å². The fraction of sp³-hybridized carbons (Fsp3) is 0.370. The van der Waals surface area contributed by atoms with Crippen LogP contribution < -0.4 is 4.74 Å². The van der Waals surface area contributed by atoms with Crippen LogP contribution in [0, 0.1) is 11.8 Å². The van der Waals surface area contributed by atoms with Crippen LogP contribution in [0.4, 0.5) is 0 Å². The summed E-state index contributed by atoms with van der Waals surface area (Å²) in [5.74, 6) is 4.97. The first kappa shape index (κ1) is 22.1. The van der Waals surface area contributed by atoms with E-state index < -0.39 is 5.97 Å². The molecule has 1 spiro atoms. The first-order valence-electron chi connectivity index (χ1n) is 11.0. The molecule has 2 aliphatic rings. The Labute approximate surface area is 189 Å². The third-order valence-electron chi connectivity index (χ3n) is 5.96. The Balaban J connectivity index is 1.33. The van der Waals surface area contributed by atoms with Crippen LogP contribution in [0.3, 0.4) is 0 Å². The third-order valence-corrected chi connectivity index (χ3v) is 5.96. The molecule has 0 bridgehead atoms. The molecule has 0 radical (unpaired) electrons. The molecular formula is C27H28O5. The van der Waals surface area contributed by atoms with Crippen molar-refractivity contribution in [1.82, 2.24) is 0 Å². The number of carbonyl (C=O) groups is 1. The third kappa shape index (κ3) is 5.40. The van der Waals surface area contributed by atoms with E-state index in [1.807, 2.05) is 24.3 Å². The lowest BCUT2D eigenvalue weighted by Crippen LogP contribution is -2.31. The van der Waals surface area contributed by atoms with Gasteiger partial charge >= 0.3 is 5.97 Å². The molecule has 1 fully saturated rings. The van der Waals surface area contributed by atoms with Crippen molar-refractivity contribution in [2.45, 2.75) is 50.9 Å². The number of rotatable bonds is 7. The number of carboxylic acid groups (broad SMARTS) is 1. The molecule has 1 heterocycles. The Kier molecular flexibility index (Phi) is 6.94. The van der Waals surface area contributed by atoms with Gasteiger partial charge in [-0.25, -0.2) is 0 Å². The second-order valence-corrected chi connectivity index (χ2v) is 8.14. The average molecular weight is 433 g/mol. The molecule has 5 nitrogen and oxygen atoms in total. The van der Waals surface area contributed by atoms with Crippen molar-refractivity contribution >= 4 is 11.5 Å². The summed E-state index contributed by atoms with van der Waals surface area (Å²) >= 11 is 0. The van der Waals surface area contributed by atoms with Gasteiger partial charge in [0.25, 0.3) is 0 Å². The van der Waals surface area contributed by atoms with Crippen LogP contribution in [0.5, 0.6) is 5.75 Å². The summed E-state index contributed by atoms with van der Waals surface area (Å²) < 4.78 is 17.5. The highest BCUT2D eigenvalue weighted by atomic mass is 16.7.